The standard InChI is InChI=1S/C45H65N3O7/c1-27(2)11-6-12-28(3)13-7-15-32(26-50)36-24-33-16-9-20-44(55)21-19-34(37(18-10-22-49)45(33,44)41(36)53)30(5)38(52)23-31-14-8-17-35-39(31)40(47-25-29(4)51)43(54)48-42(35)46/h7-8,11,13-15,17,29,33,36-37,40-42,47,49-51,53,55H,3,6,9-10,12,16,18-26,46H2,1-2,4-5H3,(H,48,54). The zero-order valence-electron chi connectivity index (χ0n) is 33.3. The fourth-order valence-electron chi connectivity index (χ4n) is 10.6. The van der Waals surface area contributed by atoms with E-state index in [0.29, 0.717) is 66.4 Å². The minimum atomic E-state index is -1.17. The number of fused-ring (bicyclic) bond motifs is 1. The van der Waals surface area contributed by atoms with Gasteiger partial charge in [0.2, 0.25) is 5.91 Å². The number of benzene rings is 1. The first kappa shape index (κ1) is 42.9. The summed E-state index contributed by atoms with van der Waals surface area (Å²) in [4.78, 5) is 27.6. The van der Waals surface area contributed by atoms with E-state index in [4.69, 9.17) is 5.73 Å². The van der Waals surface area contributed by atoms with E-state index in [2.05, 4.69) is 37.1 Å². The second-order valence-electron chi connectivity index (χ2n) is 16.8. The van der Waals surface area contributed by atoms with Crippen LogP contribution < -0.4 is 16.4 Å². The second-order valence-corrected chi connectivity index (χ2v) is 16.8. The lowest BCUT2D eigenvalue weighted by Gasteiger charge is -2.61. The third kappa shape index (κ3) is 8.71. The van der Waals surface area contributed by atoms with Crippen molar-refractivity contribution in [2.24, 2.45) is 28.9 Å². The molecule has 1 aromatic carbocycles. The predicted octanol–water partition coefficient (Wildman–Crippen LogP) is 5.07. The minimum Gasteiger partial charge on any atom is -0.396 e. The van der Waals surface area contributed by atoms with Gasteiger partial charge in [-0.2, -0.15) is 0 Å². The maximum atomic E-state index is 14.5. The van der Waals surface area contributed by atoms with E-state index in [1.165, 1.54) is 5.57 Å². The molecule has 5 rings (SSSR count). The van der Waals surface area contributed by atoms with Crippen molar-refractivity contribution in [3.8, 4) is 0 Å². The number of Topliss-reactive ketones (excluding diaryl/α,β-unsaturated/α-hetero) is 1. The Morgan fingerprint density at radius 3 is 2.65 bits per heavy atom. The van der Waals surface area contributed by atoms with Crippen LogP contribution in [-0.2, 0) is 16.0 Å². The van der Waals surface area contributed by atoms with Crippen molar-refractivity contribution in [1.29, 1.82) is 0 Å². The summed E-state index contributed by atoms with van der Waals surface area (Å²) in [6.45, 7) is 11.7. The van der Waals surface area contributed by atoms with Crippen molar-refractivity contribution < 1.29 is 35.1 Å². The van der Waals surface area contributed by atoms with E-state index in [1.54, 1.807) is 6.92 Å². The summed E-state index contributed by atoms with van der Waals surface area (Å²) >= 11 is 0. The summed E-state index contributed by atoms with van der Waals surface area (Å²) in [5, 5.41) is 62.0. The monoisotopic (exact) mass is 759 g/mol. The lowest BCUT2D eigenvalue weighted by molar-refractivity contribution is -0.215. The number of aliphatic hydroxyl groups is 5. The molecule has 0 bridgehead atoms. The molecule has 9 atom stereocenters. The summed E-state index contributed by atoms with van der Waals surface area (Å²) in [5.74, 6) is -1.23. The van der Waals surface area contributed by atoms with Gasteiger partial charge in [-0.25, -0.2) is 0 Å². The molecule has 0 aromatic heterocycles. The summed E-state index contributed by atoms with van der Waals surface area (Å²) in [5.41, 5.74) is 10.7. The molecule has 10 nitrogen and oxygen atoms in total. The van der Waals surface area contributed by atoms with Gasteiger partial charge in [0.1, 0.15) is 12.2 Å². The van der Waals surface area contributed by atoms with Crippen molar-refractivity contribution >= 4 is 11.7 Å². The van der Waals surface area contributed by atoms with E-state index < -0.39 is 35.4 Å². The van der Waals surface area contributed by atoms with Crippen LogP contribution in [0.15, 0.2) is 76.9 Å². The second kappa shape index (κ2) is 18.4. The third-order valence-electron chi connectivity index (χ3n) is 13.1. The number of aliphatic hydroxyl groups excluding tert-OH is 4. The van der Waals surface area contributed by atoms with E-state index in [9.17, 15) is 35.1 Å². The number of carbonyl (C=O) groups excluding carboxylic acids is 2. The number of ketones is 1. The van der Waals surface area contributed by atoms with E-state index >= 15 is 0 Å². The highest BCUT2D eigenvalue weighted by molar-refractivity contribution is 5.98. The van der Waals surface area contributed by atoms with Gasteiger partial charge in [-0.15, -0.1) is 0 Å². The molecule has 302 valence electrons. The normalized spacial score (nSPS) is 32.0. The number of amides is 1. The van der Waals surface area contributed by atoms with Gasteiger partial charge in [-0.3, -0.25) is 14.9 Å². The highest BCUT2D eigenvalue weighted by atomic mass is 16.3. The van der Waals surface area contributed by atoms with Gasteiger partial charge in [0, 0.05) is 30.9 Å². The quantitative estimate of drug-likeness (QED) is 0.0648. The highest BCUT2D eigenvalue weighted by Gasteiger charge is 2.70. The van der Waals surface area contributed by atoms with Gasteiger partial charge in [0.05, 0.1) is 24.4 Å². The maximum absolute atomic E-state index is 14.5. The molecule has 4 aliphatic rings. The van der Waals surface area contributed by atoms with Gasteiger partial charge in [-0.05, 0) is 125 Å². The fourth-order valence-corrected chi connectivity index (χ4v) is 10.6. The minimum absolute atomic E-state index is 0.0212. The lowest BCUT2D eigenvalue weighted by atomic mass is 9.45. The van der Waals surface area contributed by atoms with Crippen molar-refractivity contribution in [2.45, 2.75) is 128 Å². The fraction of sp³-hybridized carbons (Fsp3) is 0.600. The Balaban J connectivity index is 1.50. The van der Waals surface area contributed by atoms with E-state index in [-0.39, 0.29) is 55.6 Å². The highest BCUT2D eigenvalue weighted by Crippen LogP contribution is 2.69. The molecular weight excluding hydrogens is 695 g/mol. The van der Waals surface area contributed by atoms with E-state index in [1.807, 2.05) is 43.4 Å². The predicted molar refractivity (Wildman–Crippen MR) is 215 cm³/mol. The maximum Gasteiger partial charge on any atom is 0.243 e. The Labute approximate surface area is 327 Å². The van der Waals surface area contributed by atoms with Crippen LogP contribution in [0.2, 0.25) is 0 Å². The summed E-state index contributed by atoms with van der Waals surface area (Å²) in [6.07, 6.45) is 11.9. The number of nitrogens with one attached hydrogen (secondary N) is 2. The van der Waals surface area contributed by atoms with Crippen molar-refractivity contribution in [2.75, 3.05) is 19.8 Å². The molecule has 3 fully saturated rings. The zero-order valence-corrected chi connectivity index (χ0v) is 33.3. The Kier molecular flexibility index (Phi) is 14.3. The first-order valence-corrected chi connectivity index (χ1v) is 20.3. The molecule has 1 aliphatic heterocycles. The Morgan fingerprint density at radius 1 is 1.20 bits per heavy atom. The molecule has 9 unspecified atom stereocenters. The molecule has 1 aromatic rings. The van der Waals surface area contributed by atoms with Gasteiger partial charge in [0.25, 0.3) is 0 Å². The van der Waals surface area contributed by atoms with Crippen molar-refractivity contribution in [3.05, 3.63) is 93.6 Å². The molecule has 55 heavy (non-hydrogen) atoms. The SMILES string of the molecule is C=C(C=CC=C(CO)C1CC2CCCC3(O)CCC(=C(C)C(=O)Cc4cccc5c4C(NCC(C)O)C(=O)NC5N)C(CCCO)C23C1O)CCC=C(C)C. The Hall–Kier alpha value is -3.22. The number of nitrogens with two attached hydrogens (primary N) is 1. The van der Waals surface area contributed by atoms with Crippen LogP contribution in [0.4, 0.5) is 0 Å². The van der Waals surface area contributed by atoms with Crippen LogP contribution in [0.3, 0.4) is 0 Å². The average Bonchev–Trinajstić information content (AvgIpc) is 3.43. The number of rotatable bonds is 16. The summed E-state index contributed by atoms with van der Waals surface area (Å²) in [6, 6.07) is 4.73. The van der Waals surface area contributed by atoms with Crippen molar-refractivity contribution in [3.63, 3.8) is 0 Å². The molecule has 1 heterocycles. The van der Waals surface area contributed by atoms with Crippen LogP contribution in [0.5, 0.6) is 0 Å². The average molecular weight is 760 g/mol. The van der Waals surface area contributed by atoms with Crippen LogP contribution in [0, 0.1) is 23.2 Å². The molecule has 0 radical (unpaired) electrons. The number of hydrogen-bond donors (Lipinski definition) is 8. The van der Waals surface area contributed by atoms with Gasteiger partial charge in [-0.1, -0.05) is 72.2 Å². The topological polar surface area (TPSA) is 185 Å². The van der Waals surface area contributed by atoms with Crippen LogP contribution >= 0.6 is 0 Å². The first-order valence-electron chi connectivity index (χ1n) is 20.3. The van der Waals surface area contributed by atoms with Crippen LogP contribution in [0.25, 0.3) is 0 Å². The molecule has 1 spiro atoms. The number of hydrogen-bond acceptors (Lipinski definition) is 9. The Bertz CT molecular complexity index is 1710. The van der Waals surface area contributed by atoms with Gasteiger partial charge in [0.15, 0.2) is 5.78 Å². The van der Waals surface area contributed by atoms with Crippen LogP contribution in [0.1, 0.15) is 121 Å². The van der Waals surface area contributed by atoms with Crippen molar-refractivity contribution in [1.82, 2.24) is 10.6 Å². The molecule has 3 aliphatic carbocycles. The van der Waals surface area contributed by atoms with Gasteiger partial charge >= 0.3 is 0 Å². The molecular formula is C45H65N3O7. The third-order valence-corrected chi connectivity index (χ3v) is 13.1. The van der Waals surface area contributed by atoms with Crippen LogP contribution in [-0.4, -0.2) is 74.8 Å². The molecule has 0 saturated heterocycles. The van der Waals surface area contributed by atoms with E-state index in [0.717, 1.165) is 36.8 Å². The number of carbonyl (C=O) groups is 2. The summed E-state index contributed by atoms with van der Waals surface area (Å²) < 4.78 is 0. The first-order chi connectivity index (χ1) is 26.2. The molecule has 9 N–H and O–H groups in total. The lowest BCUT2D eigenvalue weighted by Crippen LogP contribution is -2.65. The summed E-state index contributed by atoms with van der Waals surface area (Å²) in [7, 11) is 0. The molecule has 3 saturated carbocycles. The Morgan fingerprint density at radius 2 is 1.96 bits per heavy atom. The smallest absolute Gasteiger partial charge is 0.243 e. The molecule has 1 amide bonds. The molecule has 10 heteroatoms. The zero-order chi connectivity index (χ0) is 40.1. The van der Waals surface area contributed by atoms with Gasteiger partial charge < -0.3 is 36.6 Å². The number of allylic oxidation sites excluding steroid dienone is 8. The largest absolute Gasteiger partial charge is 0.396 e.